The number of nitrogens with zero attached hydrogens (tertiary/aromatic N) is 4. The Morgan fingerprint density at radius 1 is 1.07 bits per heavy atom. The lowest BCUT2D eigenvalue weighted by Crippen LogP contribution is -1.99. The second kappa shape index (κ2) is 7.82. The Morgan fingerprint density at radius 3 is 2.70 bits per heavy atom. The van der Waals surface area contributed by atoms with Gasteiger partial charge in [-0.2, -0.15) is 5.10 Å². The molecule has 4 aromatic rings. The normalized spacial score (nSPS) is 11.3. The molecule has 2 aromatic heterocycles. The van der Waals surface area contributed by atoms with Crippen molar-refractivity contribution in [3.8, 4) is 0 Å². The van der Waals surface area contributed by atoms with Crippen LogP contribution in [0.3, 0.4) is 0 Å². The van der Waals surface area contributed by atoms with E-state index in [0.29, 0.717) is 16.0 Å². The first-order valence-corrected chi connectivity index (χ1v) is 9.88. The maximum absolute atomic E-state index is 6.09. The van der Waals surface area contributed by atoms with E-state index >= 15 is 0 Å². The van der Waals surface area contributed by atoms with Crippen molar-refractivity contribution in [1.29, 1.82) is 0 Å². The molecule has 27 heavy (non-hydrogen) atoms. The number of halogens is 1. The minimum Gasteiger partial charge on any atom is -0.339 e. The van der Waals surface area contributed by atoms with Crippen LogP contribution in [0.25, 0.3) is 23.3 Å². The maximum Gasteiger partial charge on any atom is 0.191 e. The van der Waals surface area contributed by atoms with Crippen LogP contribution < -0.4 is 5.32 Å². The van der Waals surface area contributed by atoms with Gasteiger partial charge in [0, 0.05) is 16.9 Å². The van der Waals surface area contributed by atoms with Crippen LogP contribution in [0.1, 0.15) is 5.56 Å². The molecule has 134 valence electrons. The van der Waals surface area contributed by atoms with E-state index < -0.39 is 0 Å². The standard InChI is InChI=1S/C20H16ClN5S/c1-27-20-24-18(23-16-9-5-8-15(21)12-16)17-13-22-26(19(17)25-20)11-10-14-6-3-2-4-7-14/h2-13H,1H3,(H,23,24,25)/b11-10+. The van der Waals surface area contributed by atoms with Gasteiger partial charge in [-0.25, -0.2) is 14.6 Å². The van der Waals surface area contributed by atoms with Gasteiger partial charge in [0.1, 0.15) is 5.82 Å². The molecule has 0 aliphatic carbocycles. The number of rotatable bonds is 5. The zero-order chi connectivity index (χ0) is 18.6. The number of hydrogen-bond acceptors (Lipinski definition) is 5. The summed E-state index contributed by atoms with van der Waals surface area (Å²) in [5.74, 6) is 0.700. The highest BCUT2D eigenvalue weighted by Crippen LogP contribution is 2.27. The molecule has 0 bridgehead atoms. The van der Waals surface area contributed by atoms with Crippen LogP contribution in [-0.2, 0) is 0 Å². The quantitative estimate of drug-likeness (QED) is 0.354. The fraction of sp³-hybridized carbons (Fsp3) is 0.0500. The van der Waals surface area contributed by atoms with Crippen molar-refractivity contribution in [2.45, 2.75) is 5.16 Å². The monoisotopic (exact) mass is 393 g/mol. The highest BCUT2D eigenvalue weighted by atomic mass is 35.5. The molecule has 0 saturated carbocycles. The Balaban J connectivity index is 1.74. The highest BCUT2D eigenvalue weighted by molar-refractivity contribution is 7.98. The lowest BCUT2D eigenvalue weighted by molar-refractivity contribution is 0.921. The second-order valence-corrected chi connectivity index (χ2v) is 6.96. The average Bonchev–Trinajstić information content (AvgIpc) is 3.10. The molecule has 7 heteroatoms. The average molecular weight is 394 g/mol. The van der Waals surface area contributed by atoms with E-state index in [2.05, 4.69) is 20.4 Å². The summed E-state index contributed by atoms with van der Waals surface area (Å²) in [5, 5.41) is 9.95. The molecule has 0 aliphatic heterocycles. The molecule has 0 atom stereocenters. The molecular formula is C20H16ClN5S. The number of fused-ring (bicyclic) bond motifs is 1. The van der Waals surface area contributed by atoms with Gasteiger partial charge in [-0.05, 0) is 36.1 Å². The van der Waals surface area contributed by atoms with Crippen LogP contribution in [0, 0.1) is 0 Å². The first-order chi connectivity index (χ1) is 13.2. The van der Waals surface area contributed by atoms with Crippen LogP contribution in [0.15, 0.2) is 66.0 Å². The number of thioether (sulfide) groups is 1. The van der Waals surface area contributed by atoms with Gasteiger partial charge in [-0.3, -0.25) is 0 Å². The maximum atomic E-state index is 6.09. The second-order valence-electron chi connectivity index (χ2n) is 5.75. The van der Waals surface area contributed by atoms with Gasteiger partial charge in [0.25, 0.3) is 0 Å². The van der Waals surface area contributed by atoms with Crippen molar-refractivity contribution >= 4 is 58.2 Å². The molecule has 0 unspecified atom stereocenters. The van der Waals surface area contributed by atoms with E-state index in [1.54, 1.807) is 10.9 Å². The van der Waals surface area contributed by atoms with Crippen molar-refractivity contribution in [1.82, 2.24) is 19.7 Å². The minimum absolute atomic E-state index is 0.664. The van der Waals surface area contributed by atoms with Crippen molar-refractivity contribution in [3.63, 3.8) is 0 Å². The summed E-state index contributed by atoms with van der Waals surface area (Å²) in [6.07, 6.45) is 7.61. The smallest absolute Gasteiger partial charge is 0.191 e. The number of benzene rings is 2. The lowest BCUT2D eigenvalue weighted by atomic mass is 10.2. The van der Waals surface area contributed by atoms with Crippen LogP contribution in [0.2, 0.25) is 5.02 Å². The highest BCUT2D eigenvalue weighted by Gasteiger charge is 2.12. The molecule has 5 nitrogen and oxygen atoms in total. The molecule has 0 amide bonds. The number of anilines is 2. The van der Waals surface area contributed by atoms with Gasteiger partial charge in [0.05, 0.1) is 11.6 Å². The lowest BCUT2D eigenvalue weighted by Gasteiger charge is -2.08. The van der Waals surface area contributed by atoms with Crippen molar-refractivity contribution < 1.29 is 0 Å². The Hall–Kier alpha value is -2.83. The van der Waals surface area contributed by atoms with E-state index in [-0.39, 0.29) is 0 Å². The molecular weight excluding hydrogens is 378 g/mol. The topological polar surface area (TPSA) is 55.6 Å². The molecule has 0 saturated heterocycles. The van der Waals surface area contributed by atoms with Crippen molar-refractivity contribution in [3.05, 3.63) is 71.4 Å². The van der Waals surface area contributed by atoms with E-state index in [0.717, 1.165) is 22.3 Å². The molecule has 4 rings (SSSR count). The van der Waals surface area contributed by atoms with E-state index in [4.69, 9.17) is 11.6 Å². The third-order valence-electron chi connectivity index (χ3n) is 3.91. The Morgan fingerprint density at radius 2 is 1.93 bits per heavy atom. The SMILES string of the molecule is CSc1nc(Nc2cccc(Cl)c2)c2cnn(/C=C/c3ccccc3)c2n1. The van der Waals surface area contributed by atoms with Gasteiger partial charge in [-0.15, -0.1) is 0 Å². The molecule has 0 aliphatic rings. The predicted octanol–water partition coefficient (Wildman–Crippen LogP) is 5.57. The minimum atomic E-state index is 0.664. The van der Waals surface area contributed by atoms with Crippen molar-refractivity contribution in [2.24, 2.45) is 0 Å². The summed E-state index contributed by atoms with van der Waals surface area (Å²) in [5.41, 5.74) is 2.70. The van der Waals surface area contributed by atoms with E-state index in [1.165, 1.54) is 11.8 Å². The third kappa shape index (κ3) is 3.97. The molecule has 0 radical (unpaired) electrons. The summed E-state index contributed by atoms with van der Waals surface area (Å²) in [4.78, 5) is 9.22. The largest absolute Gasteiger partial charge is 0.339 e. The third-order valence-corrected chi connectivity index (χ3v) is 4.69. The predicted molar refractivity (Wildman–Crippen MR) is 114 cm³/mol. The number of hydrogen-bond donors (Lipinski definition) is 1. The fourth-order valence-corrected chi connectivity index (χ4v) is 3.18. The molecule has 0 spiro atoms. The van der Waals surface area contributed by atoms with Gasteiger partial charge < -0.3 is 5.32 Å². The van der Waals surface area contributed by atoms with Crippen LogP contribution in [0.5, 0.6) is 0 Å². The van der Waals surface area contributed by atoms with Gasteiger partial charge in [0.15, 0.2) is 10.8 Å². The zero-order valence-electron chi connectivity index (χ0n) is 14.5. The summed E-state index contributed by atoms with van der Waals surface area (Å²) >= 11 is 7.57. The fourth-order valence-electron chi connectivity index (χ4n) is 2.63. The Labute approximate surface area is 166 Å². The Kier molecular flexibility index (Phi) is 5.09. The van der Waals surface area contributed by atoms with E-state index in [9.17, 15) is 0 Å². The number of aromatic nitrogens is 4. The van der Waals surface area contributed by atoms with Crippen LogP contribution in [-0.4, -0.2) is 26.0 Å². The summed E-state index contributed by atoms with van der Waals surface area (Å²) < 4.78 is 1.76. The zero-order valence-corrected chi connectivity index (χ0v) is 16.1. The first-order valence-electron chi connectivity index (χ1n) is 8.28. The summed E-state index contributed by atoms with van der Waals surface area (Å²) in [7, 11) is 0. The van der Waals surface area contributed by atoms with Crippen molar-refractivity contribution in [2.75, 3.05) is 11.6 Å². The molecule has 1 N–H and O–H groups in total. The van der Waals surface area contributed by atoms with Crippen LogP contribution in [0.4, 0.5) is 11.5 Å². The Bertz CT molecular complexity index is 1110. The van der Waals surface area contributed by atoms with E-state index in [1.807, 2.05) is 73.1 Å². The van der Waals surface area contributed by atoms with Gasteiger partial charge in [-0.1, -0.05) is 59.8 Å². The van der Waals surface area contributed by atoms with Crippen LogP contribution >= 0.6 is 23.4 Å². The molecule has 0 fully saturated rings. The summed E-state index contributed by atoms with van der Waals surface area (Å²) in [6, 6.07) is 17.6. The van der Waals surface area contributed by atoms with Gasteiger partial charge >= 0.3 is 0 Å². The number of nitrogens with one attached hydrogen (secondary N) is 1. The first kappa shape index (κ1) is 17.6. The molecule has 2 heterocycles. The molecule has 2 aromatic carbocycles. The van der Waals surface area contributed by atoms with Gasteiger partial charge in [0.2, 0.25) is 0 Å². The summed E-state index contributed by atoms with van der Waals surface area (Å²) in [6.45, 7) is 0.